The molecule has 49 heavy (non-hydrogen) atoms. The molecule has 19 heteroatoms. The first-order valence-corrected chi connectivity index (χ1v) is 14.5. The predicted molar refractivity (Wildman–Crippen MR) is 173 cm³/mol. The summed E-state index contributed by atoms with van der Waals surface area (Å²) in [5.74, 6) is -8.31. The third-order valence-electron chi connectivity index (χ3n) is 7.32. The maximum Gasteiger partial charge on any atom is 0.336 e. The standard InChI is InChI=1S/C30H26Cl2N4O13/c31-22-13(5-35(7-15(37)38)8-16(39)40)26(45)23(32)28-20(22)19(11-3-1-2-4-12(11)30(47)48)21-24(33)14(27(46)25(34)29(21)49-28)6-36(9-17(41)42)10-18(43)44/h1-4,45H,5-10,33-34H2,(H,37,38)(H,39,40)(H,41,42)(H,43,44)(H,47,48). The van der Waals surface area contributed by atoms with E-state index in [1.807, 2.05) is 0 Å². The van der Waals surface area contributed by atoms with Crippen LogP contribution in [0.4, 0.5) is 11.4 Å². The monoisotopic (exact) mass is 720 g/mol. The molecular formula is C30H26Cl2N4O13. The van der Waals surface area contributed by atoms with Crippen molar-refractivity contribution < 1.29 is 59.0 Å². The van der Waals surface area contributed by atoms with Gasteiger partial charge in [-0.1, -0.05) is 41.4 Å². The Morgan fingerprint density at radius 3 is 1.69 bits per heavy atom. The van der Waals surface area contributed by atoms with Gasteiger partial charge >= 0.3 is 29.8 Å². The summed E-state index contributed by atoms with van der Waals surface area (Å²) in [7, 11) is 0. The number of benzene rings is 3. The lowest BCUT2D eigenvalue weighted by atomic mass is 9.87. The van der Waals surface area contributed by atoms with Gasteiger partial charge in [0.05, 0.1) is 48.0 Å². The van der Waals surface area contributed by atoms with Crippen molar-refractivity contribution in [3.8, 4) is 28.2 Å². The van der Waals surface area contributed by atoms with E-state index in [2.05, 4.69) is 0 Å². The predicted octanol–water partition coefficient (Wildman–Crippen LogP) is 2.38. The number of fused-ring (bicyclic) bond motifs is 2. The number of hydrogen-bond donors (Lipinski definition) is 8. The molecule has 17 nitrogen and oxygen atoms in total. The number of anilines is 2. The first-order chi connectivity index (χ1) is 22.9. The van der Waals surface area contributed by atoms with E-state index in [-0.39, 0.29) is 38.8 Å². The molecule has 0 bridgehead atoms. The van der Waals surface area contributed by atoms with Crippen LogP contribution in [0.3, 0.4) is 0 Å². The maximum atomic E-state index is 13.5. The van der Waals surface area contributed by atoms with Crippen LogP contribution in [0.2, 0.25) is 10.0 Å². The van der Waals surface area contributed by atoms with E-state index in [4.69, 9.17) is 39.1 Å². The minimum Gasteiger partial charge on any atom is -0.506 e. The highest BCUT2D eigenvalue weighted by atomic mass is 35.5. The lowest BCUT2D eigenvalue weighted by Crippen LogP contribution is -2.36. The van der Waals surface area contributed by atoms with Gasteiger partial charge in [-0.3, -0.25) is 33.8 Å². The fourth-order valence-electron chi connectivity index (χ4n) is 5.41. The van der Waals surface area contributed by atoms with Crippen LogP contribution in [0, 0.1) is 0 Å². The maximum absolute atomic E-state index is 13.5. The number of aromatic hydroxyl groups is 1. The number of aromatic carboxylic acids is 1. The molecule has 0 radical (unpaired) electrons. The van der Waals surface area contributed by atoms with Crippen LogP contribution in [0.5, 0.6) is 5.75 Å². The zero-order valence-corrected chi connectivity index (χ0v) is 26.4. The Morgan fingerprint density at radius 2 is 1.20 bits per heavy atom. The van der Waals surface area contributed by atoms with Crippen LogP contribution in [-0.4, -0.2) is 96.5 Å². The second-order valence-electron chi connectivity index (χ2n) is 10.7. The SMILES string of the molecule is Nc1c2c(-c3ccccc3C(=O)O)c3c(Cl)c(CN(CC(=O)O)CC(=O)O)c(O)c(Cl)c3oc-2c(N)c(=O)c1CN(CC(=O)O)CC(=O)O. The molecule has 0 atom stereocenters. The number of phenols is 1. The summed E-state index contributed by atoms with van der Waals surface area (Å²) in [6, 6.07) is 5.42. The summed E-state index contributed by atoms with van der Waals surface area (Å²) in [6.45, 7) is -4.51. The summed E-state index contributed by atoms with van der Waals surface area (Å²) in [6.07, 6.45) is 0. The second-order valence-corrected chi connectivity index (χ2v) is 11.4. The molecule has 0 saturated carbocycles. The van der Waals surface area contributed by atoms with E-state index in [9.17, 15) is 59.4 Å². The topological polar surface area (TPSA) is 295 Å². The number of carbonyl (C=O) groups is 5. The second kappa shape index (κ2) is 14.2. The molecule has 258 valence electrons. The number of carboxylic acids is 5. The van der Waals surface area contributed by atoms with Gasteiger partial charge < -0.3 is 46.5 Å². The number of nitrogen functional groups attached to an aromatic ring is 2. The lowest BCUT2D eigenvalue weighted by Gasteiger charge is -2.26. The third kappa shape index (κ3) is 7.29. The zero-order chi connectivity index (χ0) is 36.5. The number of halogens is 2. The van der Waals surface area contributed by atoms with Crippen LogP contribution < -0.4 is 16.9 Å². The Labute approximate surface area is 284 Å². The van der Waals surface area contributed by atoms with Gasteiger partial charge in [0.1, 0.15) is 16.5 Å². The van der Waals surface area contributed by atoms with E-state index >= 15 is 0 Å². The summed E-state index contributed by atoms with van der Waals surface area (Å²) < 4.78 is 5.94. The van der Waals surface area contributed by atoms with Crippen molar-refractivity contribution in [2.24, 2.45) is 0 Å². The smallest absolute Gasteiger partial charge is 0.336 e. The molecule has 0 spiro atoms. The molecule has 0 saturated heterocycles. The normalized spacial score (nSPS) is 11.4. The first kappa shape index (κ1) is 36.2. The molecule has 4 rings (SSSR count). The van der Waals surface area contributed by atoms with Crippen molar-refractivity contribution >= 4 is 75.4 Å². The highest BCUT2D eigenvalue weighted by Gasteiger charge is 2.34. The average Bonchev–Trinajstić information content (AvgIpc) is 3.00. The number of aliphatic carboxylic acids is 4. The average molecular weight is 721 g/mol. The van der Waals surface area contributed by atoms with Crippen LogP contribution in [0.15, 0.2) is 33.5 Å². The molecule has 0 unspecified atom stereocenters. The van der Waals surface area contributed by atoms with E-state index in [1.54, 1.807) is 0 Å². The summed E-state index contributed by atoms with van der Waals surface area (Å²) >= 11 is 13.4. The Kier molecular flexibility index (Phi) is 10.5. The summed E-state index contributed by atoms with van der Waals surface area (Å²) in [5, 5.41) is 57.5. The van der Waals surface area contributed by atoms with Crippen LogP contribution >= 0.6 is 23.2 Å². The Morgan fingerprint density at radius 1 is 0.714 bits per heavy atom. The van der Waals surface area contributed by atoms with Gasteiger partial charge in [-0.25, -0.2) is 4.79 Å². The van der Waals surface area contributed by atoms with E-state index < -0.39 is 113 Å². The van der Waals surface area contributed by atoms with Crippen molar-refractivity contribution in [2.75, 3.05) is 37.6 Å². The molecule has 0 amide bonds. The quantitative estimate of drug-likeness (QED) is 0.0685. The van der Waals surface area contributed by atoms with Gasteiger partial charge in [0.15, 0.2) is 11.3 Å². The molecule has 2 aromatic rings. The van der Waals surface area contributed by atoms with Crippen molar-refractivity contribution in [2.45, 2.75) is 13.1 Å². The number of nitrogens with two attached hydrogens (primary N) is 2. The molecule has 1 aliphatic carbocycles. The number of nitrogens with zero attached hydrogens (tertiary/aromatic N) is 2. The molecule has 1 heterocycles. The number of rotatable bonds is 14. The van der Waals surface area contributed by atoms with Crippen molar-refractivity contribution in [3.05, 3.63) is 61.2 Å². The minimum absolute atomic E-state index is 0.0908. The van der Waals surface area contributed by atoms with Crippen molar-refractivity contribution in [3.63, 3.8) is 0 Å². The summed E-state index contributed by atoms with van der Waals surface area (Å²) in [4.78, 5) is 73.7. The minimum atomic E-state index is -1.44. The zero-order valence-electron chi connectivity index (χ0n) is 24.9. The van der Waals surface area contributed by atoms with Crippen LogP contribution in [-0.2, 0) is 32.3 Å². The Hall–Kier alpha value is -5.62. The van der Waals surface area contributed by atoms with Gasteiger partial charge in [-0.15, -0.1) is 0 Å². The number of phenolic OH excluding ortho intramolecular Hbond substituents is 1. The summed E-state index contributed by atoms with van der Waals surface area (Å²) in [5.41, 5.74) is 8.89. The third-order valence-corrected chi connectivity index (χ3v) is 8.09. The molecule has 1 aliphatic heterocycles. The van der Waals surface area contributed by atoms with Crippen LogP contribution in [0.1, 0.15) is 21.5 Å². The van der Waals surface area contributed by atoms with Gasteiger partial charge in [0.25, 0.3) is 0 Å². The Bertz CT molecular complexity index is 2050. The molecule has 2 aromatic carbocycles. The number of hydrogen-bond acceptors (Lipinski definition) is 12. The van der Waals surface area contributed by atoms with Crippen molar-refractivity contribution in [1.29, 1.82) is 0 Å². The Balaban J connectivity index is 2.22. The van der Waals surface area contributed by atoms with E-state index in [0.717, 1.165) is 9.80 Å². The van der Waals surface area contributed by atoms with Crippen LogP contribution in [0.25, 0.3) is 33.4 Å². The van der Waals surface area contributed by atoms with E-state index in [1.165, 1.54) is 24.3 Å². The van der Waals surface area contributed by atoms with Gasteiger partial charge in [0.2, 0.25) is 5.43 Å². The van der Waals surface area contributed by atoms with Crippen molar-refractivity contribution in [1.82, 2.24) is 9.80 Å². The highest BCUT2D eigenvalue weighted by Crippen LogP contribution is 2.53. The molecular weight excluding hydrogens is 695 g/mol. The first-order valence-electron chi connectivity index (χ1n) is 13.8. The molecule has 0 aromatic heterocycles. The van der Waals surface area contributed by atoms with Gasteiger partial charge in [0, 0.05) is 35.2 Å². The van der Waals surface area contributed by atoms with Gasteiger partial charge in [-0.2, -0.15) is 0 Å². The number of carboxylic acid groups (broad SMARTS) is 5. The molecule has 2 aliphatic rings. The van der Waals surface area contributed by atoms with Gasteiger partial charge in [-0.05, 0) is 11.6 Å². The molecule has 0 fully saturated rings. The largest absolute Gasteiger partial charge is 0.506 e. The highest BCUT2D eigenvalue weighted by molar-refractivity contribution is 6.43. The fourth-order valence-corrected chi connectivity index (χ4v) is 5.98. The fraction of sp³-hybridized carbons (Fsp3) is 0.200. The molecule has 10 N–H and O–H groups in total. The van der Waals surface area contributed by atoms with E-state index in [0.29, 0.717) is 0 Å². The lowest BCUT2D eigenvalue weighted by molar-refractivity contribution is -0.144.